The molecule has 1 aliphatic heterocycles. The number of rotatable bonds is 4. The highest BCUT2D eigenvalue weighted by atomic mass is 15.3. The van der Waals surface area contributed by atoms with Crippen molar-refractivity contribution in [3.05, 3.63) is 41.6 Å². The first-order valence-corrected chi connectivity index (χ1v) is 7.95. The fraction of sp³-hybridized carbons (Fsp3) is 0.471. The maximum atomic E-state index is 4.61. The van der Waals surface area contributed by atoms with Crippen molar-refractivity contribution in [2.45, 2.75) is 33.2 Å². The van der Waals surface area contributed by atoms with E-state index in [2.05, 4.69) is 63.5 Å². The molecule has 5 nitrogen and oxygen atoms in total. The third-order valence-corrected chi connectivity index (χ3v) is 4.34. The van der Waals surface area contributed by atoms with Crippen LogP contribution in [0, 0.1) is 12.8 Å². The molecule has 0 unspecified atom stereocenters. The van der Waals surface area contributed by atoms with E-state index in [1.165, 1.54) is 24.0 Å². The Morgan fingerprint density at radius 1 is 1.23 bits per heavy atom. The Balaban J connectivity index is 1.65. The van der Waals surface area contributed by atoms with E-state index in [1.54, 1.807) is 6.20 Å². The SMILES string of the molecule is Cc1ccccc1CNc1cnnc(N2CCC(C)CC2)n1. The van der Waals surface area contributed by atoms with Gasteiger partial charge >= 0.3 is 0 Å². The van der Waals surface area contributed by atoms with Crippen molar-refractivity contribution in [2.24, 2.45) is 5.92 Å². The summed E-state index contributed by atoms with van der Waals surface area (Å²) in [6.07, 6.45) is 4.09. The molecule has 2 heterocycles. The minimum Gasteiger partial charge on any atom is -0.365 e. The van der Waals surface area contributed by atoms with Gasteiger partial charge in [0.25, 0.3) is 0 Å². The zero-order chi connectivity index (χ0) is 15.4. The Morgan fingerprint density at radius 2 is 2.00 bits per heavy atom. The van der Waals surface area contributed by atoms with E-state index in [-0.39, 0.29) is 0 Å². The van der Waals surface area contributed by atoms with Gasteiger partial charge in [0.2, 0.25) is 5.95 Å². The third kappa shape index (κ3) is 3.53. The Morgan fingerprint density at radius 3 is 2.77 bits per heavy atom. The summed E-state index contributed by atoms with van der Waals surface area (Å²) in [6.45, 7) is 7.21. The van der Waals surface area contributed by atoms with Crippen molar-refractivity contribution < 1.29 is 0 Å². The third-order valence-electron chi connectivity index (χ3n) is 4.34. The lowest BCUT2D eigenvalue weighted by Gasteiger charge is -2.29. The molecular formula is C17H23N5. The Kier molecular flexibility index (Phi) is 4.51. The molecular weight excluding hydrogens is 274 g/mol. The van der Waals surface area contributed by atoms with Crippen LogP contribution in [0.5, 0.6) is 0 Å². The molecule has 116 valence electrons. The van der Waals surface area contributed by atoms with E-state index >= 15 is 0 Å². The van der Waals surface area contributed by atoms with Crippen LogP contribution in [0.15, 0.2) is 30.5 Å². The lowest BCUT2D eigenvalue weighted by atomic mass is 10.00. The molecule has 2 aromatic rings. The van der Waals surface area contributed by atoms with Crippen molar-refractivity contribution >= 4 is 11.8 Å². The first-order chi connectivity index (χ1) is 10.7. The molecule has 0 amide bonds. The molecule has 0 saturated carbocycles. The van der Waals surface area contributed by atoms with Gasteiger partial charge in [-0.15, -0.1) is 5.10 Å². The second-order valence-electron chi connectivity index (χ2n) is 6.09. The standard InChI is InChI=1S/C17H23N5/c1-13-7-9-22(10-8-13)17-20-16(12-19-21-17)18-11-15-6-4-3-5-14(15)2/h3-6,12-13H,7-11H2,1-2H3,(H,18,20,21). The molecule has 1 aliphatic rings. The highest BCUT2D eigenvalue weighted by Gasteiger charge is 2.18. The van der Waals surface area contributed by atoms with Gasteiger partial charge in [-0.25, -0.2) is 0 Å². The Labute approximate surface area is 131 Å². The molecule has 0 atom stereocenters. The van der Waals surface area contributed by atoms with Crippen molar-refractivity contribution in [1.29, 1.82) is 0 Å². The van der Waals surface area contributed by atoms with Crippen LogP contribution in [0.4, 0.5) is 11.8 Å². The average molecular weight is 297 g/mol. The van der Waals surface area contributed by atoms with Gasteiger partial charge in [0, 0.05) is 19.6 Å². The minimum atomic E-state index is 0.738. The molecule has 3 rings (SSSR count). The van der Waals surface area contributed by atoms with Gasteiger partial charge in [0.1, 0.15) is 0 Å². The van der Waals surface area contributed by atoms with Crippen LogP contribution in [0.1, 0.15) is 30.9 Å². The zero-order valence-corrected chi connectivity index (χ0v) is 13.3. The van der Waals surface area contributed by atoms with Crippen LogP contribution in [0.3, 0.4) is 0 Å². The van der Waals surface area contributed by atoms with Crippen molar-refractivity contribution in [1.82, 2.24) is 15.2 Å². The molecule has 1 aromatic carbocycles. The van der Waals surface area contributed by atoms with E-state index in [0.717, 1.165) is 37.3 Å². The second kappa shape index (κ2) is 6.73. The van der Waals surface area contributed by atoms with Gasteiger partial charge in [-0.2, -0.15) is 10.1 Å². The van der Waals surface area contributed by atoms with Crippen molar-refractivity contribution in [2.75, 3.05) is 23.3 Å². The number of nitrogens with zero attached hydrogens (tertiary/aromatic N) is 4. The first-order valence-electron chi connectivity index (χ1n) is 7.95. The summed E-state index contributed by atoms with van der Waals surface area (Å²) >= 11 is 0. The number of aryl methyl sites for hydroxylation is 1. The van der Waals surface area contributed by atoms with Crippen molar-refractivity contribution in [3.63, 3.8) is 0 Å². The van der Waals surface area contributed by atoms with E-state index < -0.39 is 0 Å². The van der Waals surface area contributed by atoms with Crippen LogP contribution in [0.2, 0.25) is 0 Å². The molecule has 1 aromatic heterocycles. The van der Waals surface area contributed by atoms with Crippen LogP contribution < -0.4 is 10.2 Å². The fourth-order valence-electron chi connectivity index (χ4n) is 2.72. The summed E-state index contributed by atoms with van der Waals surface area (Å²) in [7, 11) is 0. The average Bonchev–Trinajstić information content (AvgIpc) is 2.55. The predicted octanol–water partition coefficient (Wildman–Crippen LogP) is 3.03. The number of hydrogen-bond donors (Lipinski definition) is 1. The van der Waals surface area contributed by atoms with Crippen molar-refractivity contribution in [3.8, 4) is 0 Å². The fourth-order valence-corrected chi connectivity index (χ4v) is 2.72. The van der Waals surface area contributed by atoms with E-state index in [0.29, 0.717) is 0 Å². The molecule has 0 bridgehead atoms. The summed E-state index contributed by atoms with van der Waals surface area (Å²) in [5, 5.41) is 11.6. The number of nitrogens with one attached hydrogen (secondary N) is 1. The number of aromatic nitrogens is 3. The van der Waals surface area contributed by atoms with Gasteiger partial charge in [0.05, 0.1) is 6.20 Å². The summed E-state index contributed by atoms with van der Waals surface area (Å²) in [6, 6.07) is 8.36. The maximum absolute atomic E-state index is 4.61. The summed E-state index contributed by atoms with van der Waals surface area (Å²) in [5.74, 6) is 2.32. The molecule has 1 fully saturated rings. The molecule has 5 heteroatoms. The number of piperidine rings is 1. The molecule has 22 heavy (non-hydrogen) atoms. The Hall–Kier alpha value is -2.17. The van der Waals surface area contributed by atoms with Gasteiger partial charge < -0.3 is 10.2 Å². The monoisotopic (exact) mass is 297 g/mol. The normalized spacial score (nSPS) is 15.8. The van der Waals surface area contributed by atoms with Gasteiger partial charge in [-0.1, -0.05) is 31.2 Å². The maximum Gasteiger partial charge on any atom is 0.247 e. The quantitative estimate of drug-likeness (QED) is 0.940. The van der Waals surface area contributed by atoms with Crippen LogP contribution >= 0.6 is 0 Å². The largest absolute Gasteiger partial charge is 0.365 e. The summed E-state index contributed by atoms with van der Waals surface area (Å²) < 4.78 is 0. The molecule has 1 saturated heterocycles. The van der Waals surface area contributed by atoms with Gasteiger partial charge in [-0.3, -0.25) is 0 Å². The van der Waals surface area contributed by atoms with Crippen LogP contribution in [0.25, 0.3) is 0 Å². The first kappa shape index (κ1) is 14.8. The molecule has 0 spiro atoms. The van der Waals surface area contributed by atoms with E-state index in [1.807, 2.05) is 0 Å². The Bertz CT molecular complexity index is 620. The van der Waals surface area contributed by atoms with Gasteiger partial charge in [0.15, 0.2) is 5.82 Å². The lowest BCUT2D eigenvalue weighted by Crippen LogP contribution is -2.34. The van der Waals surface area contributed by atoms with E-state index in [9.17, 15) is 0 Å². The summed E-state index contributed by atoms with van der Waals surface area (Å²) in [5.41, 5.74) is 2.55. The van der Waals surface area contributed by atoms with Crippen LogP contribution in [-0.4, -0.2) is 28.3 Å². The van der Waals surface area contributed by atoms with Crippen LogP contribution in [-0.2, 0) is 6.54 Å². The van der Waals surface area contributed by atoms with E-state index in [4.69, 9.17) is 0 Å². The minimum absolute atomic E-state index is 0.738. The smallest absolute Gasteiger partial charge is 0.247 e. The number of benzene rings is 1. The highest BCUT2D eigenvalue weighted by molar-refractivity contribution is 5.40. The van der Waals surface area contributed by atoms with Gasteiger partial charge in [-0.05, 0) is 36.8 Å². The summed E-state index contributed by atoms with van der Waals surface area (Å²) in [4.78, 5) is 6.84. The molecule has 0 radical (unpaired) electrons. The topological polar surface area (TPSA) is 53.9 Å². The zero-order valence-electron chi connectivity index (χ0n) is 13.3. The molecule has 1 N–H and O–H groups in total. The number of anilines is 2. The molecule has 0 aliphatic carbocycles. The predicted molar refractivity (Wildman–Crippen MR) is 88.9 cm³/mol. The highest BCUT2D eigenvalue weighted by Crippen LogP contribution is 2.20. The second-order valence-corrected chi connectivity index (χ2v) is 6.09. The lowest BCUT2D eigenvalue weighted by molar-refractivity contribution is 0.433. The number of hydrogen-bond acceptors (Lipinski definition) is 5.